The molecule has 0 spiro atoms. The van der Waals surface area contributed by atoms with Gasteiger partial charge in [0.2, 0.25) is 0 Å². The standard InChI is InChI=1S/C10H22N2O2/c1-4-14-10(13)12-9(2)7-5-6-8-11-3/h9,11H,4-8H2,1-3H3,(H,12,13). The van der Waals surface area contributed by atoms with Gasteiger partial charge in [0.1, 0.15) is 0 Å². The largest absolute Gasteiger partial charge is 0.450 e. The Balaban J connectivity index is 3.35. The summed E-state index contributed by atoms with van der Waals surface area (Å²) in [7, 11) is 1.94. The van der Waals surface area contributed by atoms with Gasteiger partial charge in [-0.25, -0.2) is 4.79 Å². The van der Waals surface area contributed by atoms with Crippen LogP contribution in [0.25, 0.3) is 0 Å². The average molecular weight is 202 g/mol. The molecule has 0 heterocycles. The van der Waals surface area contributed by atoms with Crippen molar-refractivity contribution in [2.24, 2.45) is 0 Å². The van der Waals surface area contributed by atoms with E-state index in [0.29, 0.717) is 6.61 Å². The molecule has 0 aromatic carbocycles. The third-order valence-corrected chi connectivity index (χ3v) is 1.95. The quantitative estimate of drug-likeness (QED) is 0.615. The second kappa shape index (κ2) is 8.81. The van der Waals surface area contributed by atoms with E-state index in [-0.39, 0.29) is 12.1 Å². The molecule has 0 aromatic heterocycles. The maximum absolute atomic E-state index is 11.0. The van der Waals surface area contributed by atoms with E-state index in [1.54, 1.807) is 6.92 Å². The molecule has 2 N–H and O–H groups in total. The van der Waals surface area contributed by atoms with E-state index in [4.69, 9.17) is 4.74 Å². The van der Waals surface area contributed by atoms with E-state index in [9.17, 15) is 4.79 Å². The third kappa shape index (κ3) is 7.86. The Morgan fingerprint density at radius 3 is 2.71 bits per heavy atom. The van der Waals surface area contributed by atoms with Gasteiger partial charge < -0.3 is 15.4 Å². The molecule has 0 aliphatic rings. The molecule has 0 aliphatic heterocycles. The van der Waals surface area contributed by atoms with E-state index in [1.165, 1.54) is 0 Å². The number of carbonyl (C=O) groups excluding carboxylic acids is 1. The molecule has 4 nitrogen and oxygen atoms in total. The molecule has 1 unspecified atom stereocenters. The van der Waals surface area contributed by atoms with Crippen LogP contribution < -0.4 is 10.6 Å². The van der Waals surface area contributed by atoms with Crippen LogP contribution in [-0.2, 0) is 4.74 Å². The molecule has 0 rings (SSSR count). The molecular weight excluding hydrogens is 180 g/mol. The zero-order valence-corrected chi connectivity index (χ0v) is 9.43. The Bertz CT molecular complexity index is 151. The van der Waals surface area contributed by atoms with Gasteiger partial charge in [0.05, 0.1) is 6.61 Å². The van der Waals surface area contributed by atoms with E-state index < -0.39 is 0 Å². The number of rotatable bonds is 7. The van der Waals surface area contributed by atoms with Crippen LogP contribution in [0.4, 0.5) is 4.79 Å². The molecule has 0 aliphatic carbocycles. The van der Waals surface area contributed by atoms with Crippen LogP contribution in [-0.4, -0.2) is 32.3 Å². The fourth-order valence-electron chi connectivity index (χ4n) is 1.20. The lowest BCUT2D eigenvalue weighted by atomic mass is 10.1. The second-order valence-electron chi connectivity index (χ2n) is 3.37. The first-order chi connectivity index (χ1) is 6.70. The number of hydrogen-bond acceptors (Lipinski definition) is 3. The van der Waals surface area contributed by atoms with Gasteiger partial charge >= 0.3 is 6.09 Å². The van der Waals surface area contributed by atoms with Crippen LogP contribution in [0.2, 0.25) is 0 Å². The van der Waals surface area contributed by atoms with Crippen molar-refractivity contribution in [2.75, 3.05) is 20.2 Å². The van der Waals surface area contributed by atoms with Gasteiger partial charge in [-0.3, -0.25) is 0 Å². The zero-order valence-electron chi connectivity index (χ0n) is 9.43. The summed E-state index contributed by atoms with van der Waals surface area (Å²) >= 11 is 0. The summed E-state index contributed by atoms with van der Waals surface area (Å²) in [4.78, 5) is 11.0. The Kier molecular flexibility index (Phi) is 8.33. The SMILES string of the molecule is CCOC(=O)NC(C)CCCCNC. The molecule has 0 aromatic rings. The van der Waals surface area contributed by atoms with Crippen LogP contribution >= 0.6 is 0 Å². The van der Waals surface area contributed by atoms with E-state index in [2.05, 4.69) is 10.6 Å². The highest BCUT2D eigenvalue weighted by atomic mass is 16.5. The number of amides is 1. The highest BCUT2D eigenvalue weighted by Crippen LogP contribution is 1.99. The predicted molar refractivity (Wildman–Crippen MR) is 57.4 cm³/mol. The summed E-state index contributed by atoms with van der Waals surface area (Å²) in [6, 6.07) is 0.200. The summed E-state index contributed by atoms with van der Waals surface area (Å²) in [6.07, 6.45) is 2.95. The minimum atomic E-state index is -0.311. The van der Waals surface area contributed by atoms with Gasteiger partial charge in [0.15, 0.2) is 0 Å². The number of unbranched alkanes of at least 4 members (excludes halogenated alkanes) is 1. The Morgan fingerprint density at radius 1 is 1.43 bits per heavy atom. The minimum Gasteiger partial charge on any atom is -0.450 e. The summed E-state index contributed by atoms with van der Waals surface area (Å²) < 4.78 is 4.78. The van der Waals surface area contributed by atoms with Gasteiger partial charge in [-0.15, -0.1) is 0 Å². The van der Waals surface area contributed by atoms with Crippen molar-refractivity contribution in [1.29, 1.82) is 0 Å². The summed E-state index contributed by atoms with van der Waals surface area (Å²) in [5, 5.41) is 5.87. The van der Waals surface area contributed by atoms with E-state index in [1.807, 2.05) is 14.0 Å². The molecular formula is C10H22N2O2. The number of alkyl carbamates (subject to hydrolysis) is 1. The van der Waals surface area contributed by atoms with Crippen LogP contribution in [0.15, 0.2) is 0 Å². The van der Waals surface area contributed by atoms with Crippen molar-refractivity contribution in [1.82, 2.24) is 10.6 Å². The molecule has 0 radical (unpaired) electrons. The summed E-state index contributed by atoms with van der Waals surface area (Å²) in [5.41, 5.74) is 0. The Labute approximate surface area is 86.4 Å². The van der Waals surface area contributed by atoms with Gasteiger partial charge in [-0.1, -0.05) is 6.42 Å². The molecule has 84 valence electrons. The first-order valence-electron chi connectivity index (χ1n) is 5.28. The lowest BCUT2D eigenvalue weighted by Gasteiger charge is -2.12. The van der Waals surface area contributed by atoms with E-state index >= 15 is 0 Å². The van der Waals surface area contributed by atoms with Crippen molar-refractivity contribution < 1.29 is 9.53 Å². The predicted octanol–water partition coefficient (Wildman–Crippen LogP) is 1.51. The second-order valence-corrected chi connectivity index (χ2v) is 3.37. The van der Waals surface area contributed by atoms with Gasteiger partial charge in [-0.2, -0.15) is 0 Å². The maximum Gasteiger partial charge on any atom is 0.407 e. The number of nitrogens with one attached hydrogen (secondary N) is 2. The average Bonchev–Trinajstić information content (AvgIpc) is 2.13. The number of hydrogen-bond donors (Lipinski definition) is 2. The normalized spacial score (nSPS) is 12.2. The molecule has 4 heteroatoms. The highest BCUT2D eigenvalue weighted by Gasteiger charge is 2.06. The lowest BCUT2D eigenvalue weighted by Crippen LogP contribution is -2.33. The van der Waals surface area contributed by atoms with Crippen molar-refractivity contribution in [3.63, 3.8) is 0 Å². The van der Waals surface area contributed by atoms with Crippen molar-refractivity contribution >= 4 is 6.09 Å². The molecule has 1 atom stereocenters. The zero-order chi connectivity index (χ0) is 10.8. The van der Waals surface area contributed by atoms with Crippen LogP contribution in [0.3, 0.4) is 0 Å². The maximum atomic E-state index is 11.0. The molecule has 0 fully saturated rings. The molecule has 0 saturated heterocycles. The number of ether oxygens (including phenoxy) is 1. The smallest absolute Gasteiger partial charge is 0.407 e. The monoisotopic (exact) mass is 202 g/mol. The third-order valence-electron chi connectivity index (χ3n) is 1.95. The van der Waals surface area contributed by atoms with Crippen molar-refractivity contribution in [2.45, 2.75) is 39.2 Å². The van der Waals surface area contributed by atoms with Crippen molar-refractivity contribution in [3.8, 4) is 0 Å². The van der Waals surface area contributed by atoms with Crippen molar-refractivity contribution in [3.05, 3.63) is 0 Å². The Hall–Kier alpha value is -0.770. The summed E-state index contributed by atoms with van der Waals surface area (Å²) in [5.74, 6) is 0. The van der Waals surface area contributed by atoms with Crippen LogP contribution in [0.1, 0.15) is 33.1 Å². The number of carbonyl (C=O) groups is 1. The minimum absolute atomic E-state index is 0.200. The first kappa shape index (κ1) is 13.2. The lowest BCUT2D eigenvalue weighted by molar-refractivity contribution is 0.148. The van der Waals surface area contributed by atoms with Crippen LogP contribution in [0, 0.1) is 0 Å². The van der Waals surface area contributed by atoms with Gasteiger partial charge in [-0.05, 0) is 40.3 Å². The first-order valence-corrected chi connectivity index (χ1v) is 5.28. The highest BCUT2D eigenvalue weighted by molar-refractivity contribution is 5.67. The fourth-order valence-corrected chi connectivity index (χ4v) is 1.20. The van der Waals surface area contributed by atoms with Crippen LogP contribution in [0.5, 0.6) is 0 Å². The molecule has 0 bridgehead atoms. The fraction of sp³-hybridized carbons (Fsp3) is 0.900. The summed E-state index contributed by atoms with van der Waals surface area (Å²) in [6.45, 7) is 5.26. The van der Waals surface area contributed by atoms with E-state index in [0.717, 1.165) is 25.8 Å². The molecule has 0 saturated carbocycles. The van der Waals surface area contributed by atoms with Gasteiger partial charge in [0.25, 0.3) is 0 Å². The Morgan fingerprint density at radius 2 is 2.14 bits per heavy atom. The topological polar surface area (TPSA) is 50.4 Å². The molecule has 1 amide bonds. The molecule has 14 heavy (non-hydrogen) atoms. The van der Waals surface area contributed by atoms with Gasteiger partial charge in [0, 0.05) is 6.04 Å².